The molecule has 148 valence electrons. The molecule has 0 radical (unpaired) electrons. The Bertz CT molecular complexity index is 803. The van der Waals surface area contributed by atoms with E-state index in [-0.39, 0.29) is 12.7 Å². The highest BCUT2D eigenvalue weighted by molar-refractivity contribution is 7.99. The molecule has 0 aliphatic carbocycles. The molecule has 1 amide bonds. The van der Waals surface area contributed by atoms with Crippen LogP contribution in [-0.2, 0) is 14.3 Å². The van der Waals surface area contributed by atoms with Crippen molar-refractivity contribution < 1.29 is 23.8 Å². The molecule has 1 aliphatic rings. The molecule has 0 bridgehead atoms. The number of rotatable bonds is 8. The minimum Gasteiger partial charge on any atom is -0.497 e. The zero-order valence-electron chi connectivity index (χ0n) is 15.7. The van der Waals surface area contributed by atoms with Gasteiger partial charge in [-0.3, -0.25) is 4.79 Å². The first-order chi connectivity index (χ1) is 13.7. The number of methoxy groups -OCH3 is 1. The molecule has 0 aromatic heterocycles. The van der Waals surface area contributed by atoms with Crippen molar-refractivity contribution in [3.05, 3.63) is 54.1 Å². The average molecular weight is 401 g/mol. The summed E-state index contributed by atoms with van der Waals surface area (Å²) in [6.45, 7) is 0.452. The van der Waals surface area contributed by atoms with Crippen LogP contribution in [0, 0.1) is 0 Å². The van der Waals surface area contributed by atoms with E-state index in [4.69, 9.17) is 14.2 Å². The van der Waals surface area contributed by atoms with Crippen LogP contribution in [0.25, 0.3) is 0 Å². The highest BCUT2D eigenvalue weighted by atomic mass is 32.2. The van der Waals surface area contributed by atoms with Crippen LogP contribution in [0.5, 0.6) is 5.75 Å². The molecule has 1 fully saturated rings. The number of carbonyl (C=O) groups excluding carboxylic acids is 2. The van der Waals surface area contributed by atoms with Crippen LogP contribution in [0.15, 0.2) is 53.4 Å². The van der Waals surface area contributed by atoms with E-state index in [0.29, 0.717) is 17.0 Å². The van der Waals surface area contributed by atoms with Crippen LogP contribution in [0.4, 0.5) is 5.69 Å². The summed E-state index contributed by atoms with van der Waals surface area (Å²) in [5, 5.41) is 2.68. The highest BCUT2D eigenvalue weighted by Crippen LogP contribution is 2.27. The molecule has 1 unspecified atom stereocenters. The first-order valence-corrected chi connectivity index (χ1v) is 10.1. The van der Waals surface area contributed by atoms with Crippen LogP contribution in [0.1, 0.15) is 23.2 Å². The van der Waals surface area contributed by atoms with Crippen LogP contribution < -0.4 is 10.1 Å². The molecule has 1 saturated heterocycles. The number of anilines is 1. The Hall–Kier alpha value is -2.51. The second-order valence-electron chi connectivity index (χ2n) is 6.30. The van der Waals surface area contributed by atoms with Crippen LogP contribution >= 0.6 is 11.8 Å². The third-order valence-electron chi connectivity index (χ3n) is 4.26. The van der Waals surface area contributed by atoms with Gasteiger partial charge >= 0.3 is 5.97 Å². The van der Waals surface area contributed by atoms with Gasteiger partial charge in [-0.1, -0.05) is 12.1 Å². The van der Waals surface area contributed by atoms with E-state index in [2.05, 4.69) is 5.32 Å². The van der Waals surface area contributed by atoms with E-state index >= 15 is 0 Å². The van der Waals surface area contributed by atoms with Crippen LogP contribution in [0.2, 0.25) is 0 Å². The maximum absolute atomic E-state index is 12.4. The van der Waals surface area contributed by atoms with Gasteiger partial charge in [-0.25, -0.2) is 4.79 Å². The minimum atomic E-state index is -0.514. The molecule has 1 heterocycles. The summed E-state index contributed by atoms with van der Waals surface area (Å²) in [6.07, 6.45) is 2.35. The molecule has 1 aliphatic heterocycles. The summed E-state index contributed by atoms with van der Waals surface area (Å²) < 4.78 is 15.9. The largest absolute Gasteiger partial charge is 0.497 e. The van der Waals surface area contributed by atoms with Gasteiger partial charge in [-0.05, 0) is 49.2 Å². The van der Waals surface area contributed by atoms with Gasteiger partial charge in [0.25, 0.3) is 5.91 Å². The maximum Gasteiger partial charge on any atom is 0.339 e. The van der Waals surface area contributed by atoms with Crippen LogP contribution in [0.3, 0.4) is 0 Å². The molecule has 3 rings (SSSR count). The number of esters is 1. The van der Waals surface area contributed by atoms with Crippen molar-refractivity contribution in [1.29, 1.82) is 0 Å². The van der Waals surface area contributed by atoms with E-state index in [9.17, 15) is 9.59 Å². The van der Waals surface area contributed by atoms with Crippen molar-refractivity contribution in [2.45, 2.75) is 23.8 Å². The van der Waals surface area contributed by atoms with Gasteiger partial charge in [0.2, 0.25) is 0 Å². The quantitative estimate of drug-likeness (QED) is 0.536. The zero-order valence-corrected chi connectivity index (χ0v) is 16.5. The van der Waals surface area contributed by atoms with Crippen molar-refractivity contribution in [3.63, 3.8) is 0 Å². The number of nitrogens with one attached hydrogen (secondary N) is 1. The summed E-state index contributed by atoms with van der Waals surface area (Å²) in [5.74, 6) is 0.576. The first kappa shape index (κ1) is 20.2. The third-order valence-corrected chi connectivity index (χ3v) is 5.47. The van der Waals surface area contributed by atoms with E-state index in [0.717, 1.165) is 30.1 Å². The number of hydrogen-bond acceptors (Lipinski definition) is 6. The molecule has 1 N–H and O–H groups in total. The third kappa shape index (κ3) is 5.74. The van der Waals surface area contributed by atoms with Gasteiger partial charge in [0, 0.05) is 22.9 Å². The fraction of sp³-hybridized carbons (Fsp3) is 0.333. The number of hydrogen-bond donors (Lipinski definition) is 1. The summed E-state index contributed by atoms with van der Waals surface area (Å²) in [5.41, 5.74) is 1.07. The maximum atomic E-state index is 12.4. The van der Waals surface area contributed by atoms with Gasteiger partial charge in [0.15, 0.2) is 6.61 Å². The standard InChI is InChI=1S/C21H23NO5S/c1-25-16-10-8-15(9-11-16)22-20(23)13-27-21(24)18-6-2-3-7-19(18)28-14-17-5-4-12-26-17/h2-3,6-11,17H,4-5,12-14H2,1H3,(H,22,23). The van der Waals surface area contributed by atoms with Gasteiger partial charge < -0.3 is 19.5 Å². The summed E-state index contributed by atoms with van der Waals surface area (Å²) in [4.78, 5) is 25.3. The summed E-state index contributed by atoms with van der Waals surface area (Å²) in [6, 6.07) is 14.2. The van der Waals surface area contributed by atoms with Crippen molar-refractivity contribution >= 4 is 29.3 Å². The Balaban J connectivity index is 1.51. The predicted molar refractivity (Wildman–Crippen MR) is 108 cm³/mol. The lowest BCUT2D eigenvalue weighted by Gasteiger charge is -2.12. The number of thioether (sulfide) groups is 1. The SMILES string of the molecule is COc1ccc(NC(=O)COC(=O)c2ccccc2SCC2CCCO2)cc1. The van der Waals surface area contributed by atoms with Gasteiger partial charge in [0.1, 0.15) is 5.75 Å². The van der Waals surface area contributed by atoms with Gasteiger partial charge in [-0.15, -0.1) is 11.8 Å². The fourth-order valence-corrected chi connectivity index (χ4v) is 3.91. The van der Waals surface area contributed by atoms with Crippen molar-refractivity contribution in [3.8, 4) is 5.75 Å². The Labute approximate surface area is 168 Å². The first-order valence-electron chi connectivity index (χ1n) is 9.10. The number of amides is 1. The minimum absolute atomic E-state index is 0.226. The molecular weight excluding hydrogens is 378 g/mol. The number of benzene rings is 2. The van der Waals surface area contributed by atoms with Crippen molar-refractivity contribution in [2.24, 2.45) is 0 Å². The topological polar surface area (TPSA) is 73.9 Å². The van der Waals surface area contributed by atoms with Gasteiger partial charge in [0.05, 0.1) is 18.8 Å². The Morgan fingerprint density at radius 3 is 2.68 bits per heavy atom. The molecule has 28 heavy (non-hydrogen) atoms. The molecule has 6 nitrogen and oxygen atoms in total. The normalized spacial score (nSPS) is 15.8. The van der Waals surface area contributed by atoms with E-state index in [1.54, 1.807) is 55.3 Å². The van der Waals surface area contributed by atoms with Crippen molar-refractivity contribution in [1.82, 2.24) is 0 Å². The Morgan fingerprint density at radius 1 is 1.18 bits per heavy atom. The van der Waals surface area contributed by atoms with E-state index in [1.807, 2.05) is 12.1 Å². The summed E-state index contributed by atoms with van der Waals surface area (Å²) in [7, 11) is 1.57. The molecular formula is C21H23NO5S. The van der Waals surface area contributed by atoms with Gasteiger partial charge in [-0.2, -0.15) is 0 Å². The lowest BCUT2D eigenvalue weighted by Crippen LogP contribution is -2.21. The Morgan fingerprint density at radius 2 is 1.96 bits per heavy atom. The zero-order chi connectivity index (χ0) is 19.8. The Kier molecular flexibility index (Phi) is 7.33. The van der Waals surface area contributed by atoms with Crippen LogP contribution in [-0.4, -0.2) is 44.1 Å². The summed E-state index contributed by atoms with van der Waals surface area (Å²) >= 11 is 1.57. The van der Waals surface area contributed by atoms with E-state index in [1.165, 1.54) is 0 Å². The molecule has 7 heteroatoms. The number of carbonyl (C=O) groups is 2. The molecule has 2 aromatic rings. The molecule has 1 atom stereocenters. The fourth-order valence-electron chi connectivity index (χ4n) is 2.80. The molecule has 0 saturated carbocycles. The lowest BCUT2D eigenvalue weighted by atomic mass is 10.2. The van der Waals surface area contributed by atoms with E-state index < -0.39 is 11.9 Å². The monoisotopic (exact) mass is 401 g/mol. The molecule has 2 aromatic carbocycles. The second-order valence-corrected chi connectivity index (χ2v) is 7.36. The average Bonchev–Trinajstić information content (AvgIpc) is 3.25. The number of ether oxygens (including phenoxy) is 3. The second kappa shape index (κ2) is 10.1. The highest BCUT2D eigenvalue weighted by Gasteiger charge is 2.19. The van der Waals surface area contributed by atoms with Crippen molar-refractivity contribution in [2.75, 3.05) is 31.4 Å². The molecule has 0 spiro atoms. The predicted octanol–water partition coefficient (Wildman–Crippen LogP) is 3.76. The lowest BCUT2D eigenvalue weighted by molar-refractivity contribution is -0.119. The smallest absolute Gasteiger partial charge is 0.339 e.